The fraction of sp³-hybridized carbons (Fsp3) is 0.172. The zero-order chi connectivity index (χ0) is 30.3. The molecule has 0 saturated heterocycles. The second kappa shape index (κ2) is 13.7. The van der Waals surface area contributed by atoms with Gasteiger partial charge in [0.1, 0.15) is 15.7 Å². The second-order valence-corrected chi connectivity index (χ2v) is 11.8. The summed E-state index contributed by atoms with van der Waals surface area (Å²) in [5.74, 6) is -1.72. The number of para-hydroxylation sites is 1. The number of hydroxylamine groups is 1. The zero-order valence-corrected chi connectivity index (χ0v) is 23.5. The Kier molecular flexibility index (Phi) is 10.1. The summed E-state index contributed by atoms with van der Waals surface area (Å²) < 4.78 is 58.8. The van der Waals surface area contributed by atoms with Crippen LogP contribution in [0.25, 0.3) is 0 Å². The number of hydrogen-bond donors (Lipinski definition) is 2. The van der Waals surface area contributed by atoms with Crippen LogP contribution in [0.2, 0.25) is 0 Å². The van der Waals surface area contributed by atoms with Gasteiger partial charge < -0.3 is 20.0 Å². The highest BCUT2D eigenvalue weighted by Crippen LogP contribution is 2.30. The van der Waals surface area contributed by atoms with Crippen molar-refractivity contribution in [3.05, 3.63) is 113 Å². The van der Waals surface area contributed by atoms with E-state index in [1.54, 1.807) is 12.1 Å². The molecule has 1 amide bonds. The van der Waals surface area contributed by atoms with Crippen molar-refractivity contribution in [2.24, 2.45) is 0 Å². The lowest BCUT2D eigenvalue weighted by Crippen LogP contribution is -2.35. The fourth-order valence-electron chi connectivity index (χ4n) is 3.89. The summed E-state index contributed by atoms with van der Waals surface area (Å²) in [6.45, 7) is -0.587. The third-order valence-corrected chi connectivity index (χ3v) is 8.53. The minimum Gasteiger partial charge on any atom is -0.474 e. The Labute approximate surface area is 245 Å². The molecule has 220 valence electrons. The van der Waals surface area contributed by atoms with Gasteiger partial charge in [-0.3, -0.25) is 4.79 Å². The summed E-state index contributed by atoms with van der Waals surface area (Å²) in [7, 11) is -1.96. The van der Waals surface area contributed by atoms with Gasteiger partial charge in [0.2, 0.25) is 0 Å². The minimum absolute atomic E-state index is 0.0396. The molecule has 13 heteroatoms. The number of nitrogens with zero attached hydrogens (tertiary/aromatic N) is 2. The van der Waals surface area contributed by atoms with E-state index in [0.717, 1.165) is 33.9 Å². The maximum atomic E-state index is 13.1. The van der Waals surface area contributed by atoms with Crippen LogP contribution in [-0.4, -0.2) is 42.3 Å². The van der Waals surface area contributed by atoms with Crippen LogP contribution >= 0.6 is 11.3 Å². The molecule has 1 unspecified atom stereocenters. The second-order valence-electron chi connectivity index (χ2n) is 9.02. The van der Waals surface area contributed by atoms with E-state index >= 15 is 0 Å². The van der Waals surface area contributed by atoms with E-state index in [0.29, 0.717) is 27.3 Å². The third kappa shape index (κ3) is 8.49. The molecule has 0 fully saturated rings. The SMILES string of the molecule is O=C(O)C(=O)N(Cc1cccc(C(F)(F)F)c1)Cc1ccc(S(=O)N(O)CCc2ccc(Oc3ccccc3)cc2)s1. The van der Waals surface area contributed by atoms with Crippen LogP contribution in [-0.2, 0) is 46.3 Å². The number of carboxylic acids is 1. The number of hydrogen-bond acceptors (Lipinski definition) is 6. The number of benzene rings is 3. The highest BCUT2D eigenvalue weighted by Gasteiger charge is 2.31. The van der Waals surface area contributed by atoms with Crippen molar-refractivity contribution in [1.82, 2.24) is 9.37 Å². The van der Waals surface area contributed by atoms with Crippen molar-refractivity contribution < 1.29 is 42.0 Å². The van der Waals surface area contributed by atoms with Gasteiger partial charge in [-0.25, -0.2) is 9.00 Å². The molecule has 1 heterocycles. The Morgan fingerprint density at radius 2 is 1.55 bits per heavy atom. The molecule has 0 aliphatic rings. The van der Waals surface area contributed by atoms with Gasteiger partial charge in [-0.1, -0.05) is 42.5 Å². The number of aliphatic carboxylic acids is 1. The summed E-state index contributed by atoms with van der Waals surface area (Å²) in [5.41, 5.74) is 0.0488. The quantitative estimate of drug-likeness (QED) is 0.155. The van der Waals surface area contributed by atoms with E-state index in [-0.39, 0.29) is 29.4 Å². The maximum absolute atomic E-state index is 13.1. The highest BCUT2D eigenvalue weighted by atomic mass is 32.2. The van der Waals surface area contributed by atoms with Gasteiger partial charge in [0, 0.05) is 18.0 Å². The molecule has 42 heavy (non-hydrogen) atoms. The first-order chi connectivity index (χ1) is 20.0. The number of carboxylic acid groups (broad SMARTS) is 1. The molecule has 1 atom stereocenters. The molecule has 4 rings (SSSR count). The van der Waals surface area contributed by atoms with Gasteiger partial charge >= 0.3 is 18.1 Å². The zero-order valence-electron chi connectivity index (χ0n) is 21.9. The van der Waals surface area contributed by atoms with Gasteiger partial charge in [-0.15, -0.1) is 15.8 Å². The molecule has 0 saturated carbocycles. The van der Waals surface area contributed by atoms with Gasteiger partial charge in [-0.2, -0.15) is 13.2 Å². The number of ether oxygens (including phenoxy) is 1. The van der Waals surface area contributed by atoms with Crippen molar-refractivity contribution in [2.45, 2.75) is 29.9 Å². The predicted molar refractivity (Wildman–Crippen MR) is 149 cm³/mol. The molecule has 2 N–H and O–H groups in total. The smallest absolute Gasteiger partial charge is 0.416 e. The molecule has 4 aromatic rings. The van der Waals surface area contributed by atoms with Crippen molar-refractivity contribution in [1.29, 1.82) is 0 Å². The van der Waals surface area contributed by atoms with Crippen LogP contribution in [0, 0.1) is 0 Å². The number of rotatable bonds is 11. The number of amides is 1. The van der Waals surface area contributed by atoms with E-state index < -0.39 is 34.6 Å². The van der Waals surface area contributed by atoms with Crippen LogP contribution < -0.4 is 4.74 Å². The number of alkyl halides is 3. The first kappa shape index (κ1) is 30.9. The number of halogens is 3. The lowest BCUT2D eigenvalue weighted by Gasteiger charge is -2.20. The Bertz CT molecular complexity index is 1540. The van der Waals surface area contributed by atoms with Gasteiger partial charge in [-0.05, 0) is 66.1 Å². The average Bonchev–Trinajstić information content (AvgIpc) is 3.44. The van der Waals surface area contributed by atoms with Crippen LogP contribution in [0.4, 0.5) is 13.2 Å². The molecule has 0 spiro atoms. The normalized spacial score (nSPS) is 12.2. The van der Waals surface area contributed by atoms with Crippen molar-refractivity contribution in [3.63, 3.8) is 0 Å². The molecule has 0 radical (unpaired) electrons. The monoisotopic (exact) mass is 618 g/mol. The summed E-state index contributed by atoms with van der Waals surface area (Å²) in [6.07, 6.45) is -4.22. The van der Waals surface area contributed by atoms with Crippen LogP contribution in [0.15, 0.2) is 95.2 Å². The number of carbonyl (C=O) groups is 2. The summed E-state index contributed by atoms with van der Waals surface area (Å²) in [5, 5.41) is 19.6. The molecule has 0 aliphatic carbocycles. The average molecular weight is 619 g/mol. The van der Waals surface area contributed by atoms with E-state index in [1.165, 1.54) is 24.3 Å². The molecular formula is C29H25F3N2O6S2. The molecule has 0 bridgehead atoms. The summed E-state index contributed by atoms with van der Waals surface area (Å²) in [6, 6.07) is 23.8. The minimum atomic E-state index is -4.60. The van der Waals surface area contributed by atoms with Crippen LogP contribution in [0.5, 0.6) is 11.5 Å². The van der Waals surface area contributed by atoms with Crippen molar-refractivity contribution in [2.75, 3.05) is 6.54 Å². The summed E-state index contributed by atoms with van der Waals surface area (Å²) in [4.78, 5) is 25.0. The standard InChI is InChI=1S/C29H25F3N2O6S2/c30-29(31,32)22-6-4-5-21(17-22)18-33(27(35)28(36)37)19-25-13-14-26(41-25)42(39)34(38)16-15-20-9-11-24(12-10-20)40-23-7-2-1-3-8-23/h1-14,17,38H,15-16,18-19H2,(H,36,37). The highest BCUT2D eigenvalue weighted by molar-refractivity contribution is 7.84. The van der Waals surface area contributed by atoms with Crippen molar-refractivity contribution >= 4 is 34.2 Å². The van der Waals surface area contributed by atoms with Crippen molar-refractivity contribution in [3.8, 4) is 11.5 Å². The lowest BCUT2D eigenvalue weighted by atomic mass is 10.1. The molecular weight excluding hydrogens is 593 g/mol. The van der Waals surface area contributed by atoms with E-state index in [4.69, 9.17) is 4.74 Å². The van der Waals surface area contributed by atoms with Crippen LogP contribution in [0.3, 0.4) is 0 Å². The topological polar surface area (TPSA) is 107 Å². The maximum Gasteiger partial charge on any atom is 0.416 e. The van der Waals surface area contributed by atoms with Gasteiger partial charge in [0.15, 0.2) is 11.0 Å². The largest absolute Gasteiger partial charge is 0.474 e. The molecule has 3 aromatic carbocycles. The molecule has 0 aliphatic heterocycles. The Morgan fingerprint density at radius 3 is 2.21 bits per heavy atom. The number of carbonyl (C=O) groups excluding carboxylic acids is 1. The molecule has 1 aromatic heterocycles. The van der Waals surface area contributed by atoms with Crippen LogP contribution in [0.1, 0.15) is 21.6 Å². The predicted octanol–water partition coefficient (Wildman–Crippen LogP) is 6.13. The fourth-order valence-corrected chi connectivity index (χ4v) is 6.15. The van der Waals surface area contributed by atoms with E-state index in [9.17, 15) is 37.3 Å². The Balaban J connectivity index is 1.36. The van der Waals surface area contributed by atoms with Gasteiger partial charge in [0.05, 0.1) is 12.1 Å². The molecule has 8 nitrogen and oxygen atoms in total. The Morgan fingerprint density at radius 1 is 0.857 bits per heavy atom. The first-order valence-electron chi connectivity index (χ1n) is 12.5. The van der Waals surface area contributed by atoms with E-state index in [1.807, 2.05) is 42.5 Å². The van der Waals surface area contributed by atoms with Gasteiger partial charge in [0.25, 0.3) is 0 Å². The Hall–Kier alpha value is -4.04. The first-order valence-corrected chi connectivity index (χ1v) is 14.4. The summed E-state index contributed by atoms with van der Waals surface area (Å²) >= 11 is 0.984. The lowest BCUT2D eigenvalue weighted by molar-refractivity contribution is -0.156. The third-order valence-electron chi connectivity index (χ3n) is 5.94. The number of thiophene rings is 1. The van der Waals surface area contributed by atoms with E-state index in [2.05, 4.69) is 0 Å².